The largest absolute Gasteiger partial charge is 0.491 e. The molecule has 6 heteroatoms. The van der Waals surface area contributed by atoms with E-state index in [1.165, 1.54) is 0 Å². The van der Waals surface area contributed by atoms with Gasteiger partial charge in [-0.1, -0.05) is 25.1 Å². The summed E-state index contributed by atoms with van der Waals surface area (Å²) < 4.78 is 11.0. The molecule has 0 aliphatic carbocycles. The van der Waals surface area contributed by atoms with Gasteiger partial charge in [0, 0.05) is 25.0 Å². The van der Waals surface area contributed by atoms with Crippen molar-refractivity contribution in [1.29, 1.82) is 0 Å². The molecule has 4 atom stereocenters. The second kappa shape index (κ2) is 7.77. The standard InChI is InChI=1S/C17H24N2O4/c1-12-15(11-22-14-5-3-2-4-6-14)23-19-16(12)17(20)18-9-13-7-8-21-10-13/h2-6,12-13,15-16,19H,7-11H2,1H3,(H,18,20). The molecule has 0 bridgehead atoms. The lowest BCUT2D eigenvalue weighted by Gasteiger charge is -2.18. The molecule has 1 aromatic carbocycles. The minimum Gasteiger partial charge on any atom is -0.491 e. The number of carbonyl (C=O) groups excluding carboxylic acids is 1. The highest BCUT2D eigenvalue weighted by Crippen LogP contribution is 2.21. The van der Waals surface area contributed by atoms with Crippen LogP contribution in [0.4, 0.5) is 0 Å². The van der Waals surface area contributed by atoms with Crippen LogP contribution in [0, 0.1) is 11.8 Å². The lowest BCUT2D eigenvalue weighted by Crippen LogP contribution is -2.45. The number of carbonyl (C=O) groups is 1. The highest BCUT2D eigenvalue weighted by molar-refractivity contribution is 5.82. The third-order valence-electron chi connectivity index (χ3n) is 4.49. The van der Waals surface area contributed by atoms with Crippen LogP contribution < -0.4 is 15.5 Å². The molecule has 0 aromatic heterocycles. The van der Waals surface area contributed by atoms with Crippen LogP contribution in [0.5, 0.6) is 5.75 Å². The first kappa shape index (κ1) is 16.2. The molecule has 4 unspecified atom stereocenters. The summed E-state index contributed by atoms with van der Waals surface area (Å²) in [7, 11) is 0. The van der Waals surface area contributed by atoms with Gasteiger partial charge in [0.1, 0.15) is 24.5 Å². The van der Waals surface area contributed by atoms with Crippen molar-refractivity contribution < 1.29 is 19.1 Å². The summed E-state index contributed by atoms with van der Waals surface area (Å²) in [6, 6.07) is 9.26. The topological polar surface area (TPSA) is 68.8 Å². The van der Waals surface area contributed by atoms with E-state index in [9.17, 15) is 4.79 Å². The van der Waals surface area contributed by atoms with Crippen molar-refractivity contribution in [3.05, 3.63) is 30.3 Å². The van der Waals surface area contributed by atoms with Crippen molar-refractivity contribution in [2.75, 3.05) is 26.4 Å². The summed E-state index contributed by atoms with van der Waals surface area (Å²) in [6.07, 6.45) is 0.860. The molecule has 2 fully saturated rings. The van der Waals surface area contributed by atoms with E-state index in [-0.39, 0.29) is 24.0 Å². The van der Waals surface area contributed by atoms with Gasteiger partial charge in [0.05, 0.1) is 6.61 Å². The Kier molecular flexibility index (Phi) is 5.48. The van der Waals surface area contributed by atoms with E-state index in [0.717, 1.165) is 25.4 Å². The monoisotopic (exact) mass is 320 g/mol. The molecule has 0 saturated carbocycles. The van der Waals surface area contributed by atoms with Crippen LogP contribution in [0.15, 0.2) is 30.3 Å². The number of nitrogens with one attached hydrogen (secondary N) is 2. The minimum atomic E-state index is -0.346. The third-order valence-corrected chi connectivity index (χ3v) is 4.49. The second-order valence-corrected chi connectivity index (χ2v) is 6.21. The molecule has 2 aliphatic rings. The fourth-order valence-corrected chi connectivity index (χ4v) is 2.86. The Bertz CT molecular complexity index is 505. The number of hydrogen-bond acceptors (Lipinski definition) is 5. The average molecular weight is 320 g/mol. The number of hydrogen-bond donors (Lipinski definition) is 2. The van der Waals surface area contributed by atoms with Crippen molar-refractivity contribution in [3.8, 4) is 5.75 Å². The summed E-state index contributed by atoms with van der Waals surface area (Å²) in [5.41, 5.74) is 2.84. The Morgan fingerprint density at radius 2 is 2.22 bits per heavy atom. The van der Waals surface area contributed by atoms with Crippen LogP contribution in [0.25, 0.3) is 0 Å². The highest BCUT2D eigenvalue weighted by Gasteiger charge is 2.39. The molecule has 2 N–H and O–H groups in total. The predicted molar refractivity (Wildman–Crippen MR) is 84.8 cm³/mol. The first-order chi connectivity index (χ1) is 11.2. The maximum atomic E-state index is 12.3. The van der Waals surface area contributed by atoms with Crippen molar-refractivity contribution in [2.24, 2.45) is 11.8 Å². The number of hydroxylamine groups is 1. The van der Waals surface area contributed by atoms with Crippen LogP contribution in [-0.4, -0.2) is 44.4 Å². The van der Waals surface area contributed by atoms with E-state index in [2.05, 4.69) is 10.8 Å². The molecular weight excluding hydrogens is 296 g/mol. The molecule has 0 spiro atoms. The molecule has 3 rings (SSSR count). The molecule has 0 radical (unpaired) electrons. The first-order valence-corrected chi connectivity index (χ1v) is 8.18. The minimum absolute atomic E-state index is 0.0217. The van der Waals surface area contributed by atoms with E-state index in [1.54, 1.807) is 0 Å². The van der Waals surface area contributed by atoms with Gasteiger partial charge in [-0.15, -0.1) is 0 Å². The Hall–Kier alpha value is -1.63. The highest BCUT2D eigenvalue weighted by atomic mass is 16.7. The van der Waals surface area contributed by atoms with E-state index < -0.39 is 0 Å². The van der Waals surface area contributed by atoms with Gasteiger partial charge in [-0.05, 0) is 18.6 Å². The molecule has 6 nitrogen and oxygen atoms in total. The average Bonchev–Trinajstić information content (AvgIpc) is 3.22. The smallest absolute Gasteiger partial charge is 0.239 e. The molecule has 2 saturated heterocycles. The number of para-hydroxylation sites is 1. The van der Waals surface area contributed by atoms with Gasteiger partial charge in [0.2, 0.25) is 5.91 Å². The number of rotatable bonds is 6. The van der Waals surface area contributed by atoms with Crippen LogP contribution in [-0.2, 0) is 14.4 Å². The van der Waals surface area contributed by atoms with Crippen molar-refractivity contribution >= 4 is 5.91 Å². The molecule has 2 aliphatic heterocycles. The lowest BCUT2D eigenvalue weighted by molar-refractivity contribution is -0.125. The van der Waals surface area contributed by atoms with Gasteiger partial charge in [0.15, 0.2) is 0 Å². The molecule has 1 amide bonds. The van der Waals surface area contributed by atoms with Gasteiger partial charge in [-0.25, -0.2) is 0 Å². The summed E-state index contributed by atoms with van der Waals surface area (Å²) in [5, 5.41) is 2.99. The molecule has 23 heavy (non-hydrogen) atoms. The maximum absolute atomic E-state index is 12.3. The van der Waals surface area contributed by atoms with Crippen molar-refractivity contribution in [1.82, 2.24) is 10.8 Å². The Labute approximate surface area is 136 Å². The predicted octanol–water partition coefficient (Wildman–Crippen LogP) is 1.13. The summed E-state index contributed by atoms with van der Waals surface area (Å²) >= 11 is 0. The SMILES string of the molecule is CC1C(COc2ccccc2)ONC1C(=O)NCC1CCOC1. The molecule has 2 heterocycles. The number of ether oxygens (including phenoxy) is 2. The van der Waals surface area contributed by atoms with Crippen LogP contribution >= 0.6 is 0 Å². The van der Waals surface area contributed by atoms with E-state index in [4.69, 9.17) is 14.3 Å². The fraction of sp³-hybridized carbons (Fsp3) is 0.588. The van der Waals surface area contributed by atoms with Crippen molar-refractivity contribution in [3.63, 3.8) is 0 Å². The zero-order chi connectivity index (χ0) is 16.1. The number of amides is 1. The summed E-state index contributed by atoms with van der Waals surface area (Å²) in [4.78, 5) is 17.8. The molecular formula is C17H24N2O4. The van der Waals surface area contributed by atoms with Gasteiger partial charge in [0.25, 0.3) is 0 Å². The normalized spacial score (nSPS) is 30.3. The van der Waals surface area contributed by atoms with Crippen LogP contribution in [0.2, 0.25) is 0 Å². The van der Waals surface area contributed by atoms with Gasteiger partial charge in [-0.2, -0.15) is 5.48 Å². The second-order valence-electron chi connectivity index (χ2n) is 6.21. The van der Waals surface area contributed by atoms with E-state index in [1.807, 2.05) is 37.3 Å². The van der Waals surface area contributed by atoms with Crippen LogP contribution in [0.1, 0.15) is 13.3 Å². The Morgan fingerprint density at radius 3 is 2.96 bits per heavy atom. The zero-order valence-corrected chi connectivity index (χ0v) is 13.4. The summed E-state index contributed by atoms with van der Waals surface area (Å²) in [5.74, 6) is 1.25. The lowest BCUT2D eigenvalue weighted by atomic mass is 9.97. The molecule has 126 valence electrons. The Balaban J connectivity index is 1.44. The van der Waals surface area contributed by atoms with Crippen LogP contribution in [0.3, 0.4) is 0 Å². The van der Waals surface area contributed by atoms with E-state index >= 15 is 0 Å². The molecule has 1 aromatic rings. The summed E-state index contributed by atoms with van der Waals surface area (Å²) in [6.45, 7) is 4.61. The Morgan fingerprint density at radius 1 is 1.39 bits per heavy atom. The maximum Gasteiger partial charge on any atom is 0.239 e. The van der Waals surface area contributed by atoms with Gasteiger partial charge >= 0.3 is 0 Å². The first-order valence-electron chi connectivity index (χ1n) is 8.18. The van der Waals surface area contributed by atoms with Crippen molar-refractivity contribution in [2.45, 2.75) is 25.5 Å². The van der Waals surface area contributed by atoms with Gasteiger partial charge < -0.3 is 14.8 Å². The zero-order valence-electron chi connectivity index (χ0n) is 13.4. The quantitative estimate of drug-likeness (QED) is 0.822. The number of benzene rings is 1. The van der Waals surface area contributed by atoms with Gasteiger partial charge in [-0.3, -0.25) is 9.63 Å². The van der Waals surface area contributed by atoms with E-state index in [0.29, 0.717) is 19.1 Å². The fourth-order valence-electron chi connectivity index (χ4n) is 2.86. The third kappa shape index (κ3) is 4.22.